The predicted octanol–water partition coefficient (Wildman–Crippen LogP) is 3.01. The van der Waals surface area contributed by atoms with E-state index in [-0.39, 0.29) is 5.82 Å². The van der Waals surface area contributed by atoms with Gasteiger partial charge >= 0.3 is 0 Å². The highest BCUT2D eigenvalue weighted by molar-refractivity contribution is 5.55. The molecule has 1 N–H and O–H groups in total. The topological polar surface area (TPSA) is 59.5 Å². The molecule has 0 aliphatic carbocycles. The number of aromatic nitrogens is 2. The molecule has 1 aromatic heterocycles. The van der Waals surface area contributed by atoms with Crippen LogP contribution in [-0.4, -0.2) is 42.1 Å². The summed E-state index contributed by atoms with van der Waals surface area (Å²) in [5, 5.41) is 3.08. The summed E-state index contributed by atoms with van der Waals surface area (Å²) in [6.45, 7) is 4.91. The quantitative estimate of drug-likeness (QED) is 0.924. The molecule has 2 aliphatic rings. The maximum Gasteiger partial charge on any atom is 0.229 e. The lowest BCUT2D eigenvalue weighted by Crippen LogP contribution is -2.45. The second kappa shape index (κ2) is 6.57. The summed E-state index contributed by atoms with van der Waals surface area (Å²) in [7, 11) is 0. The fourth-order valence-electron chi connectivity index (χ4n) is 3.33. The van der Waals surface area contributed by atoms with Gasteiger partial charge < -0.3 is 19.7 Å². The SMILES string of the molecule is Cc1cc(N2CCC3(CC2)OCCO3)nc(Nc2cccc(F)c2)n1. The van der Waals surface area contributed by atoms with Gasteiger partial charge in [0.15, 0.2) is 5.79 Å². The summed E-state index contributed by atoms with van der Waals surface area (Å²) >= 11 is 0. The van der Waals surface area contributed by atoms with Crippen LogP contribution in [0.4, 0.5) is 21.8 Å². The van der Waals surface area contributed by atoms with Crippen LogP contribution in [0.25, 0.3) is 0 Å². The number of hydrogen-bond acceptors (Lipinski definition) is 6. The van der Waals surface area contributed by atoms with Crippen molar-refractivity contribution >= 4 is 17.5 Å². The van der Waals surface area contributed by atoms with Gasteiger partial charge in [-0.2, -0.15) is 4.98 Å². The first-order chi connectivity index (χ1) is 12.1. The van der Waals surface area contributed by atoms with Gasteiger partial charge in [-0.3, -0.25) is 0 Å². The lowest BCUT2D eigenvalue weighted by Gasteiger charge is -2.38. The molecule has 1 spiro atoms. The molecule has 0 saturated carbocycles. The molecule has 2 aliphatic heterocycles. The molecular weight excluding hydrogens is 323 g/mol. The molecule has 0 atom stereocenters. The van der Waals surface area contributed by atoms with Crippen molar-refractivity contribution < 1.29 is 13.9 Å². The highest BCUT2D eigenvalue weighted by Gasteiger charge is 2.40. The molecule has 25 heavy (non-hydrogen) atoms. The third-order valence-corrected chi connectivity index (χ3v) is 4.58. The largest absolute Gasteiger partial charge is 0.356 e. The third kappa shape index (κ3) is 3.57. The average Bonchev–Trinajstić information content (AvgIpc) is 3.03. The first-order valence-electron chi connectivity index (χ1n) is 8.53. The minimum Gasteiger partial charge on any atom is -0.356 e. The van der Waals surface area contributed by atoms with Crippen LogP contribution in [0.1, 0.15) is 18.5 Å². The zero-order valence-corrected chi connectivity index (χ0v) is 14.2. The Balaban J connectivity index is 1.50. The first-order valence-corrected chi connectivity index (χ1v) is 8.53. The van der Waals surface area contributed by atoms with Gasteiger partial charge in [-0.05, 0) is 25.1 Å². The molecule has 2 aromatic rings. The van der Waals surface area contributed by atoms with Gasteiger partial charge in [0.25, 0.3) is 0 Å². The molecular formula is C18H21FN4O2. The molecule has 2 fully saturated rings. The summed E-state index contributed by atoms with van der Waals surface area (Å²) in [5.74, 6) is 0.630. The van der Waals surface area contributed by atoms with E-state index in [9.17, 15) is 4.39 Å². The molecule has 0 radical (unpaired) electrons. The van der Waals surface area contributed by atoms with Gasteiger partial charge in [-0.25, -0.2) is 9.37 Å². The van der Waals surface area contributed by atoms with Crippen LogP contribution >= 0.6 is 0 Å². The lowest BCUT2D eigenvalue weighted by molar-refractivity contribution is -0.169. The number of ether oxygens (including phenoxy) is 2. The van der Waals surface area contributed by atoms with Crippen molar-refractivity contribution in [2.24, 2.45) is 0 Å². The number of nitrogens with one attached hydrogen (secondary N) is 1. The van der Waals surface area contributed by atoms with Crippen LogP contribution in [0, 0.1) is 12.7 Å². The predicted molar refractivity (Wildman–Crippen MR) is 92.5 cm³/mol. The highest BCUT2D eigenvalue weighted by Crippen LogP contribution is 2.33. The highest BCUT2D eigenvalue weighted by atomic mass is 19.1. The Hall–Kier alpha value is -2.25. The Labute approximate surface area is 146 Å². The van der Waals surface area contributed by atoms with Gasteiger partial charge in [0, 0.05) is 43.4 Å². The van der Waals surface area contributed by atoms with Crippen molar-refractivity contribution in [3.05, 3.63) is 41.8 Å². The molecule has 7 heteroatoms. The molecule has 132 valence electrons. The van der Waals surface area contributed by atoms with E-state index in [1.165, 1.54) is 12.1 Å². The normalized spacial score (nSPS) is 19.4. The van der Waals surface area contributed by atoms with Gasteiger partial charge in [0.2, 0.25) is 5.95 Å². The van der Waals surface area contributed by atoms with E-state index in [1.54, 1.807) is 12.1 Å². The van der Waals surface area contributed by atoms with Crippen LogP contribution in [-0.2, 0) is 9.47 Å². The summed E-state index contributed by atoms with van der Waals surface area (Å²) < 4.78 is 24.9. The van der Waals surface area contributed by atoms with Crippen LogP contribution in [0.2, 0.25) is 0 Å². The minimum atomic E-state index is -0.402. The van der Waals surface area contributed by atoms with Crippen LogP contribution in [0.3, 0.4) is 0 Å². The molecule has 6 nitrogen and oxygen atoms in total. The van der Waals surface area contributed by atoms with Gasteiger partial charge in [-0.15, -0.1) is 0 Å². The fourth-order valence-corrected chi connectivity index (χ4v) is 3.33. The van der Waals surface area contributed by atoms with Crippen molar-refractivity contribution in [2.75, 3.05) is 36.5 Å². The van der Waals surface area contributed by atoms with Crippen molar-refractivity contribution in [3.8, 4) is 0 Å². The monoisotopic (exact) mass is 344 g/mol. The molecule has 0 amide bonds. The van der Waals surface area contributed by atoms with Crippen molar-refractivity contribution in [1.82, 2.24) is 9.97 Å². The Morgan fingerprint density at radius 2 is 1.88 bits per heavy atom. The van der Waals surface area contributed by atoms with E-state index >= 15 is 0 Å². The number of rotatable bonds is 3. The van der Waals surface area contributed by atoms with Gasteiger partial charge in [-0.1, -0.05) is 6.07 Å². The maximum atomic E-state index is 13.4. The smallest absolute Gasteiger partial charge is 0.229 e. The van der Waals surface area contributed by atoms with E-state index in [4.69, 9.17) is 9.47 Å². The third-order valence-electron chi connectivity index (χ3n) is 4.58. The number of piperidine rings is 1. The lowest BCUT2D eigenvalue weighted by atomic mass is 10.0. The fraction of sp³-hybridized carbons (Fsp3) is 0.444. The zero-order chi connectivity index (χ0) is 17.3. The van der Waals surface area contributed by atoms with E-state index in [0.717, 1.165) is 37.4 Å². The average molecular weight is 344 g/mol. The van der Waals surface area contributed by atoms with Crippen molar-refractivity contribution in [3.63, 3.8) is 0 Å². The number of benzene rings is 1. The van der Waals surface area contributed by atoms with E-state index in [2.05, 4.69) is 20.2 Å². The Morgan fingerprint density at radius 1 is 1.12 bits per heavy atom. The van der Waals surface area contributed by atoms with E-state index in [1.807, 2.05) is 13.0 Å². The summed E-state index contributed by atoms with van der Waals surface area (Å²) in [5.41, 5.74) is 1.49. The van der Waals surface area contributed by atoms with Crippen molar-refractivity contribution in [2.45, 2.75) is 25.6 Å². The molecule has 4 rings (SSSR count). The van der Waals surface area contributed by atoms with E-state index < -0.39 is 5.79 Å². The molecule has 0 unspecified atom stereocenters. The van der Waals surface area contributed by atoms with Crippen LogP contribution in [0.15, 0.2) is 30.3 Å². The zero-order valence-electron chi connectivity index (χ0n) is 14.2. The van der Waals surface area contributed by atoms with Gasteiger partial charge in [0.1, 0.15) is 11.6 Å². The second-order valence-electron chi connectivity index (χ2n) is 6.42. The molecule has 2 saturated heterocycles. The number of hydrogen-bond donors (Lipinski definition) is 1. The standard InChI is InChI=1S/C18H21FN4O2/c1-13-11-16(23-7-5-18(6-8-23)24-9-10-25-18)22-17(20-13)21-15-4-2-3-14(19)12-15/h2-4,11-12H,5-10H2,1H3,(H,20,21,22). The second-order valence-corrected chi connectivity index (χ2v) is 6.42. The molecule has 3 heterocycles. The first kappa shape index (κ1) is 16.2. The number of nitrogens with zero attached hydrogens (tertiary/aromatic N) is 3. The van der Waals surface area contributed by atoms with E-state index in [0.29, 0.717) is 24.8 Å². The maximum absolute atomic E-state index is 13.4. The Kier molecular flexibility index (Phi) is 4.27. The molecule has 0 bridgehead atoms. The summed E-state index contributed by atoms with van der Waals surface area (Å²) in [6, 6.07) is 8.23. The van der Waals surface area contributed by atoms with Crippen molar-refractivity contribution in [1.29, 1.82) is 0 Å². The minimum absolute atomic E-state index is 0.296. The number of anilines is 3. The molecule has 1 aromatic carbocycles. The number of aryl methyl sites for hydroxylation is 1. The Morgan fingerprint density at radius 3 is 2.60 bits per heavy atom. The van der Waals surface area contributed by atoms with Gasteiger partial charge in [0.05, 0.1) is 13.2 Å². The summed E-state index contributed by atoms with van der Waals surface area (Å²) in [4.78, 5) is 11.2. The van der Waals surface area contributed by atoms with Crippen LogP contribution in [0.5, 0.6) is 0 Å². The Bertz CT molecular complexity index is 754. The summed E-state index contributed by atoms with van der Waals surface area (Å²) in [6.07, 6.45) is 1.64. The van der Waals surface area contributed by atoms with Crippen LogP contribution < -0.4 is 10.2 Å². The number of halogens is 1.